The molecule has 0 spiro atoms. The molecule has 1 aromatic heterocycles. The summed E-state index contributed by atoms with van der Waals surface area (Å²) >= 11 is 7.55. The first-order valence-corrected chi connectivity index (χ1v) is 11.1. The van der Waals surface area contributed by atoms with E-state index in [-0.39, 0.29) is 12.5 Å². The van der Waals surface area contributed by atoms with Gasteiger partial charge in [-0.1, -0.05) is 53.3 Å². The second kappa shape index (κ2) is 9.81. The molecule has 3 aromatic carbocycles. The van der Waals surface area contributed by atoms with Crippen molar-refractivity contribution in [3.8, 4) is 11.5 Å². The lowest BCUT2D eigenvalue weighted by Crippen LogP contribution is -2.34. The Balaban J connectivity index is 1.54. The number of thiazole rings is 1. The number of ether oxygens (including phenoxy) is 2. The first-order chi connectivity index (χ1) is 15.1. The van der Waals surface area contributed by atoms with Crippen LogP contribution in [0.5, 0.6) is 11.5 Å². The van der Waals surface area contributed by atoms with Gasteiger partial charge in [-0.25, -0.2) is 4.98 Å². The Kier molecular flexibility index (Phi) is 6.70. The fourth-order valence-corrected chi connectivity index (χ4v) is 4.31. The minimum absolute atomic E-state index is 0.0997. The first kappa shape index (κ1) is 21.2. The van der Waals surface area contributed by atoms with Crippen molar-refractivity contribution in [2.24, 2.45) is 0 Å². The number of hydrogen-bond acceptors (Lipinski definition) is 5. The normalized spacial score (nSPS) is 10.8. The van der Waals surface area contributed by atoms with Gasteiger partial charge >= 0.3 is 0 Å². The Morgan fingerprint density at radius 3 is 2.42 bits per heavy atom. The van der Waals surface area contributed by atoms with E-state index in [0.29, 0.717) is 29.1 Å². The lowest BCUT2D eigenvalue weighted by Gasteiger charge is -2.20. The van der Waals surface area contributed by atoms with Crippen LogP contribution in [-0.4, -0.2) is 24.1 Å². The summed E-state index contributed by atoms with van der Waals surface area (Å²) in [5, 5.41) is 1.25. The van der Waals surface area contributed by atoms with Crippen molar-refractivity contribution < 1.29 is 14.3 Å². The Hall–Kier alpha value is -3.09. The van der Waals surface area contributed by atoms with Crippen molar-refractivity contribution in [3.63, 3.8) is 0 Å². The van der Waals surface area contributed by atoms with Crippen LogP contribution in [0.4, 0.5) is 5.13 Å². The highest BCUT2D eigenvalue weighted by Gasteiger charge is 2.21. The molecule has 0 N–H and O–H groups in total. The number of carbonyl (C=O) groups is 1. The number of hydrogen-bond donors (Lipinski definition) is 0. The third-order valence-electron chi connectivity index (χ3n) is 4.55. The van der Waals surface area contributed by atoms with Gasteiger partial charge in [-0.2, -0.15) is 0 Å². The van der Waals surface area contributed by atoms with Crippen molar-refractivity contribution in [1.29, 1.82) is 0 Å². The lowest BCUT2D eigenvalue weighted by atomic mass is 10.2. The molecule has 0 aliphatic carbocycles. The molecule has 5 nitrogen and oxygen atoms in total. The van der Waals surface area contributed by atoms with Gasteiger partial charge < -0.3 is 9.47 Å². The molecule has 0 radical (unpaired) electrons. The monoisotopic (exact) mass is 452 g/mol. The molecule has 0 saturated carbocycles. The highest BCUT2D eigenvalue weighted by molar-refractivity contribution is 7.22. The Bertz CT molecular complexity index is 1160. The maximum absolute atomic E-state index is 13.2. The SMILES string of the molecule is CCOc1ccc(OCC(=O)N(Cc2ccccc2)c2nc3ccc(Cl)cc3s2)cc1. The van der Waals surface area contributed by atoms with Gasteiger partial charge in [-0.05, 0) is 55.0 Å². The second-order valence-electron chi connectivity index (χ2n) is 6.77. The molecule has 0 aliphatic rings. The topological polar surface area (TPSA) is 51.7 Å². The maximum atomic E-state index is 13.2. The molecule has 31 heavy (non-hydrogen) atoms. The number of amides is 1. The van der Waals surface area contributed by atoms with E-state index in [1.807, 2.05) is 61.5 Å². The van der Waals surface area contributed by atoms with E-state index in [4.69, 9.17) is 21.1 Å². The molecule has 0 atom stereocenters. The molecule has 0 unspecified atom stereocenters. The average Bonchev–Trinajstić information content (AvgIpc) is 3.20. The minimum Gasteiger partial charge on any atom is -0.494 e. The predicted octanol–water partition coefficient (Wildman–Crippen LogP) is 5.96. The molecule has 1 heterocycles. The average molecular weight is 453 g/mol. The van der Waals surface area contributed by atoms with Gasteiger partial charge in [-0.3, -0.25) is 9.69 Å². The fraction of sp³-hybridized carbons (Fsp3) is 0.167. The Morgan fingerprint density at radius 2 is 1.71 bits per heavy atom. The van der Waals surface area contributed by atoms with Crippen LogP contribution in [0, 0.1) is 0 Å². The third-order valence-corrected chi connectivity index (χ3v) is 5.83. The highest BCUT2D eigenvalue weighted by Crippen LogP contribution is 2.31. The number of rotatable bonds is 8. The zero-order chi connectivity index (χ0) is 21.6. The van der Waals surface area contributed by atoms with Crippen LogP contribution in [0.2, 0.25) is 5.02 Å². The number of nitrogens with zero attached hydrogens (tertiary/aromatic N) is 2. The molecule has 0 saturated heterocycles. The molecule has 7 heteroatoms. The molecule has 4 aromatic rings. The van der Waals surface area contributed by atoms with Gasteiger partial charge in [-0.15, -0.1) is 0 Å². The van der Waals surface area contributed by atoms with E-state index >= 15 is 0 Å². The quantitative estimate of drug-likeness (QED) is 0.331. The summed E-state index contributed by atoms with van der Waals surface area (Å²) < 4.78 is 12.1. The van der Waals surface area contributed by atoms with Crippen LogP contribution < -0.4 is 14.4 Å². The summed E-state index contributed by atoms with van der Waals surface area (Å²) in [5.74, 6) is 1.19. The molecule has 0 bridgehead atoms. The van der Waals surface area contributed by atoms with Crippen LogP contribution in [0.3, 0.4) is 0 Å². The standard InChI is InChI=1S/C24H21ClN2O3S/c1-2-29-19-9-11-20(12-10-19)30-16-23(28)27(15-17-6-4-3-5-7-17)24-26-21-13-8-18(25)14-22(21)31-24/h3-14H,2,15-16H2,1H3. The molecule has 158 valence electrons. The van der Waals surface area contributed by atoms with Crippen LogP contribution >= 0.6 is 22.9 Å². The number of carbonyl (C=O) groups excluding carboxylic acids is 1. The molecule has 0 aliphatic heterocycles. The predicted molar refractivity (Wildman–Crippen MR) is 125 cm³/mol. The first-order valence-electron chi connectivity index (χ1n) is 9.88. The second-order valence-corrected chi connectivity index (χ2v) is 8.21. The number of anilines is 1. The Morgan fingerprint density at radius 1 is 1.00 bits per heavy atom. The van der Waals surface area contributed by atoms with Gasteiger partial charge in [0.1, 0.15) is 11.5 Å². The summed E-state index contributed by atoms with van der Waals surface area (Å²) in [4.78, 5) is 19.5. The van der Waals surface area contributed by atoms with Crippen molar-refractivity contribution in [1.82, 2.24) is 4.98 Å². The van der Waals surface area contributed by atoms with Gasteiger partial charge in [0.15, 0.2) is 11.7 Å². The largest absolute Gasteiger partial charge is 0.494 e. The number of aromatic nitrogens is 1. The fourth-order valence-electron chi connectivity index (χ4n) is 3.05. The molecule has 4 rings (SSSR count). The van der Waals surface area contributed by atoms with E-state index in [9.17, 15) is 4.79 Å². The van der Waals surface area contributed by atoms with E-state index in [2.05, 4.69) is 4.98 Å². The van der Waals surface area contributed by atoms with Crippen LogP contribution in [0.1, 0.15) is 12.5 Å². The molecule has 0 fully saturated rings. The summed E-state index contributed by atoms with van der Waals surface area (Å²) in [6.07, 6.45) is 0. The van der Waals surface area contributed by atoms with Crippen molar-refractivity contribution in [2.75, 3.05) is 18.1 Å². The maximum Gasteiger partial charge on any atom is 0.267 e. The van der Waals surface area contributed by atoms with Crippen LogP contribution in [0.25, 0.3) is 10.2 Å². The van der Waals surface area contributed by atoms with Crippen molar-refractivity contribution in [2.45, 2.75) is 13.5 Å². The zero-order valence-corrected chi connectivity index (χ0v) is 18.5. The van der Waals surface area contributed by atoms with Gasteiger partial charge in [0, 0.05) is 5.02 Å². The van der Waals surface area contributed by atoms with Gasteiger partial charge in [0.25, 0.3) is 5.91 Å². The summed E-state index contributed by atoms with van der Waals surface area (Å²) in [6.45, 7) is 2.83. The smallest absolute Gasteiger partial charge is 0.267 e. The van der Waals surface area contributed by atoms with Gasteiger partial charge in [0.2, 0.25) is 0 Å². The molecule has 1 amide bonds. The minimum atomic E-state index is -0.178. The Labute approximate surface area is 189 Å². The number of halogens is 1. The molecular weight excluding hydrogens is 432 g/mol. The van der Waals surface area contributed by atoms with Crippen molar-refractivity contribution in [3.05, 3.63) is 83.4 Å². The summed E-state index contributed by atoms with van der Waals surface area (Å²) in [5.41, 5.74) is 1.82. The summed E-state index contributed by atoms with van der Waals surface area (Å²) in [7, 11) is 0. The van der Waals surface area contributed by atoms with Crippen LogP contribution in [-0.2, 0) is 11.3 Å². The third kappa shape index (κ3) is 5.34. The van der Waals surface area contributed by atoms with E-state index in [1.54, 1.807) is 23.1 Å². The van der Waals surface area contributed by atoms with Crippen LogP contribution in [0.15, 0.2) is 72.8 Å². The van der Waals surface area contributed by atoms with E-state index in [1.165, 1.54) is 11.3 Å². The molecular formula is C24H21ClN2O3S. The highest BCUT2D eigenvalue weighted by atomic mass is 35.5. The van der Waals surface area contributed by atoms with E-state index in [0.717, 1.165) is 21.5 Å². The number of fused-ring (bicyclic) bond motifs is 1. The summed E-state index contributed by atoms with van der Waals surface area (Å²) in [6, 6.07) is 22.6. The van der Waals surface area contributed by atoms with Crippen molar-refractivity contribution >= 4 is 44.2 Å². The number of benzene rings is 3. The zero-order valence-electron chi connectivity index (χ0n) is 17.0. The lowest BCUT2D eigenvalue weighted by molar-refractivity contribution is -0.120. The van der Waals surface area contributed by atoms with Gasteiger partial charge in [0.05, 0.1) is 23.4 Å². The van der Waals surface area contributed by atoms with E-state index < -0.39 is 0 Å².